The molecular weight excluding hydrogens is 286 g/mol. The van der Waals surface area contributed by atoms with Crippen LogP contribution in [0.4, 0.5) is 11.4 Å². The first-order valence-corrected chi connectivity index (χ1v) is 6.55. The maximum Gasteiger partial charge on any atom is 0.269 e. The van der Waals surface area contributed by atoms with Crippen molar-refractivity contribution in [3.05, 3.63) is 58.1 Å². The van der Waals surface area contributed by atoms with Crippen LogP contribution in [0.1, 0.15) is 5.56 Å². The van der Waals surface area contributed by atoms with Crippen LogP contribution in [0.15, 0.2) is 47.6 Å². The molecular formula is C15H13N3O4. The van der Waals surface area contributed by atoms with Crippen molar-refractivity contribution in [2.75, 3.05) is 18.8 Å². The predicted octanol–water partition coefficient (Wildman–Crippen LogP) is 2.79. The number of hydrogen-bond acceptors (Lipinski definition) is 6. The topological polar surface area (TPSA) is 77.2 Å². The third-order valence-corrected chi connectivity index (χ3v) is 3.21. The van der Waals surface area contributed by atoms with Crippen molar-refractivity contribution in [2.45, 2.75) is 0 Å². The van der Waals surface area contributed by atoms with E-state index in [1.165, 1.54) is 12.1 Å². The summed E-state index contributed by atoms with van der Waals surface area (Å²) in [4.78, 5) is 10.2. The molecule has 2 aromatic carbocycles. The van der Waals surface area contributed by atoms with Gasteiger partial charge in [-0.15, -0.1) is 0 Å². The minimum Gasteiger partial charge on any atom is -0.454 e. The van der Waals surface area contributed by atoms with Gasteiger partial charge < -0.3 is 9.47 Å². The van der Waals surface area contributed by atoms with Crippen LogP contribution in [0.5, 0.6) is 11.5 Å². The molecule has 0 saturated carbocycles. The summed E-state index contributed by atoms with van der Waals surface area (Å²) in [5.74, 6) is 1.42. The fraction of sp³-hybridized carbons (Fsp3) is 0.133. The molecule has 1 aliphatic heterocycles. The number of nitrogens with zero attached hydrogens (tertiary/aromatic N) is 3. The van der Waals surface area contributed by atoms with Gasteiger partial charge in [0.05, 0.1) is 16.8 Å². The number of non-ortho nitro benzene ring substituents is 1. The fourth-order valence-corrected chi connectivity index (χ4v) is 2.00. The molecule has 0 radical (unpaired) electrons. The largest absolute Gasteiger partial charge is 0.454 e. The summed E-state index contributed by atoms with van der Waals surface area (Å²) < 4.78 is 10.6. The van der Waals surface area contributed by atoms with E-state index >= 15 is 0 Å². The van der Waals surface area contributed by atoms with E-state index in [1.54, 1.807) is 30.4 Å². The molecule has 22 heavy (non-hydrogen) atoms. The Kier molecular flexibility index (Phi) is 3.61. The molecule has 1 aliphatic rings. The van der Waals surface area contributed by atoms with Crippen molar-refractivity contribution in [1.29, 1.82) is 0 Å². The number of hydrogen-bond donors (Lipinski definition) is 0. The maximum absolute atomic E-state index is 10.6. The zero-order valence-corrected chi connectivity index (χ0v) is 11.8. The van der Waals surface area contributed by atoms with Crippen molar-refractivity contribution < 1.29 is 14.4 Å². The predicted molar refractivity (Wildman–Crippen MR) is 81.7 cm³/mol. The van der Waals surface area contributed by atoms with Crippen molar-refractivity contribution in [1.82, 2.24) is 0 Å². The first-order chi connectivity index (χ1) is 10.6. The van der Waals surface area contributed by atoms with Crippen LogP contribution in [0.25, 0.3) is 0 Å². The van der Waals surface area contributed by atoms with Gasteiger partial charge >= 0.3 is 0 Å². The van der Waals surface area contributed by atoms with Crippen molar-refractivity contribution >= 4 is 17.6 Å². The number of anilines is 1. The summed E-state index contributed by atoms with van der Waals surface area (Å²) in [5.41, 5.74) is 1.68. The van der Waals surface area contributed by atoms with Crippen LogP contribution in [0, 0.1) is 10.1 Å². The van der Waals surface area contributed by atoms with Gasteiger partial charge in [-0.3, -0.25) is 15.1 Å². The van der Waals surface area contributed by atoms with Gasteiger partial charge in [-0.2, -0.15) is 5.10 Å². The molecule has 7 nitrogen and oxygen atoms in total. The Hall–Kier alpha value is -3.09. The first-order valence-electron chi connectivity index (χ1n) is 6.55. The molecule has 0 bridgehead atoms. The minimum atomic E-state index is -0.431. The lowest BCUT2D eigenvalue weighted by Gasteiger charge is -2.12. The van der Waals surface area contributed by atoms with Crippen LogP contribution in [-0.2, 0) is 0 Å². The summed E-state index contributed by atoms with van der Waals surface area (Å²) >= 11 is 0. The van der Waals surface area contributed by atoms with E-state index in [2.05, 4.69) is 5.10 Å². The molecule has 1 heterocycles. The van der Waals surface area contributed by atoms with E-state index in [1.807, 2.05) is 18.2 Å². The summed E-state index contributed by atoms with van der Waals surface area (Å²) in [6.45, 7) is 0.235. The molecule has 7 heteroatoms. The van der Waals surface area contributed by atoms with Gasteiger partial charge in [0.1, 0.15) is 0 Å². The summed E-state index contributed by atoms with van der Waals surface area (Å²) in [6, 6.07) is 11.7. The smallest absolute Gasteiger partial charge is 0.269 e. The molecule has 0 spiro atoms. The Bertz CT molecular complexity index is 728. The monoisotopic (exact) mass is 299 g/mol. The second kappa shape index (κ2) is 5.72. The quantitative estimate of drug-likeness (QED) is 0.493. The molecule has 0 saturated heterocycles. The third kappa shape index (κ3) is 2.83. The Labute approximate surface area is 126 Å². The van der Waals surface area contributed by atoms with Gasteiger partial charge in [0.25, 0.3) is 5.69 Å². The first kappa shape index (κ1) is 13.9. The number of rotatable bonds is 4. The Morgan fingerprint density at radius 3 is 2.64 bits per heavy atom. The number of nitro benzene ring substituents is 1. The lowest BCUT2D eigenvalue weighted by molar-refractivity contribution is -0.384. The van der Waals surface area contributed by atoms with Gasteiger partial charge in [-0.1, -0.05) is 0 Å². The van der Waals surface area contributed by atoms with Crippen molar-refractivity contribution in [3.63, 3.8) is 0 Å². The number of hydrazone groups is 1. The number of nitro groups is 1. The average molecular weight is 299 g/mol. The van der Waals surface area contributed by atoms with E-state index in [0.717, 1.165) is 17.0 Å². The van der Waals surface area contributed by atoms with Crippen LogP contribution < -0.4 is 14.5 Å². The molecule has 0 aliphatic carbocycles. The van der Waals surface area contributed by atoms with E-state index in [-0.39, 0.29) is 12.5 Å². The van der Waals surface area contributed by atoms with Crippen LogP contribution in [-0.4, -0.2) is 25.0 Å². The highest BCUT2D eigenvalue weighted by Gasteiger charge is 2.12. The molecule has 0 fully saturated rings. The third-order valence-electron chi connectivity index (χ3n) is 3.21. The lowest BCUT2D eigenvalue weighted by Crippen LogP contribution is -2.08. The lowest BCUT2D eigenvalue weighted by atomic mass is 10.2. The zero-order valence-electron chi connectivity index (χ0n) is 11.8. The molecule has 0 unspecified atom stereocenters. The maximum atomic E-state index is 10.6. The van der Waals surface area contributed by atoms with Crippen LogP contribution in [0.3, 0.4) is 0 Å². The molecule has 0 aromatic heterocycles. The molecule has 0 atom stereocenters. The van der Waals surface area contributed by atoms with Crippen molar-refractivity contribution in [2.24, 2.45) is 5.10 Å². The van der Waals surface area contributed by atoms with Gasteiger partial charge in [-0.25, -0.2) is 0 Å². The standard InChI is InChI=1S/C15H13N3O4/c1-17(12-3-5-13(6-4-12)18(19)20)16-9-11-2-7-14-15(8-11)22-10-21-14/h2-9H,10H2,1H3/b16-9-. The molecule has 2 aromatic rings. The minimum absolute atomic E-state index is 0.0527. The van der Waals surface area contributed by atoms with Gasteiger partial charge in [0, 0.05) is 19.2 Å². The Morgan fingerprint density at radius 1 is 1.18 bits per heavy atom. The number of benzene rings is 2. The summed E-state index contributed by atoms with van der Waals surface area (Å²) in [5, 5.41) is 16.6. The van der Waals surface area contributed by atoms with Crippen LogP contribution >= 0.6 is 0 Å². The molecule has 3 rings (SSSR count). The summed E-state index contributed by atoms with van der Waals surface area (Å²) in [7, 11) is 1.77. The second-order valence-corrected chi connectivity index (χ2v) is 4.65. The van der Waals surface area contributed by atoms with Gasteiger partial charge in [-0.05, 0) is 35.9 Å². The number of ether oxygens (including phenoxy) is 2. The van der Waals surface area contributed by atoms with E-state index in [4.69, 9.17) is 9.47 Å². The van der Waals surface area contributed by atoms with E-state index < -0.39 is 4.92 Å². The fourth-order valence-electron chi connectivity index (χ4n) is 2.00. The molecule has 0 amide bonds. The summed E-state index contributed by atoms with van der Waals surface area (Å²) in [6.07, 6.45) is 1.68. The van der Waals surface area contributed by atoms with E-state index in [9.17, 15) is 10.1 Å². The van der Waals surface area contributed by atoms with Crippen LogP contribution in [0.2, 0.25) is 0 Å². The van der Waals surface area contributed by atoms with E-state index in [0.29, 0.717) is 5.75 Å². The van der Waals surface area contributed by atoms with Crippen molar-refractivity contribution in [3.8, 4) is 11.5 Å². The second-order valence-electron chi connectivity index (χ2n) is 4.65. The Balaban J connectivity index is 1.73. The highest BCUT2D eigenvalue weighted by atomic mass is 16.7. The highest BCUT2D eigenvalue weighted by Crippen LogP contribution is 2.32. The molecule has 112 valence electrons. The van der Waals surface area contributed by atoms with Gasteiger partial charge in [0.2, 0.25) is 6.79 Å². The van der Waals surface area contributed by atoms with Gasteiger partial charge in [0.15, 0.2) is 11.5 Å². The molecule has 0 N–H and O–H groups in total. The highest BCUT2D eigenvalue weighted by molar-refractivity contribution is 5.81. The SMILES string of the molecule is CN(/N=C\c1ccc2c(c1)OCO2)c1ccc([N+](=O)[O-])cc1. The normalized spacial score (nSPS) is 12.6. The Morgan fingerprint density at radius 2 is 1.91 bits per heavy atom. The number of fused-ring (bicyclic) bond motifs is 1. The zero-order chi connectivity index (χ0) is 15.5. The average Bonchev–Trinajstić information content (AvgIpc) is 3.00.